The summed E-state index contributed by atoms with van der Waals surface area (Å²) < 4.78 is 15.8. The lowest BCUT2D eigenvalue weighted by Crippen LogP contribution is -2.30. The predicted molar refractivity (Wildman–Crippen MR) is 108 cm³/mol. The molecule has 1 aliphatic rings. The number of amides is 1. The van der Waals surface area contributed by atoms with E-state index in [0.717, 1.165) is 11.1 Å². The van der Waals surface area contributed by atoms with Gasteiger partial charge < -0.3 is 19.5 Å². The summed E-state index contributed by atoms with van der Waals surface area (Å²) in [5.74, 6) is 0.0305. The van der Waals surface area contributed by atoms with Crippen LogP contribution in [0.3, 0.4) is 0 Å². The molecule has 4 rings (SSSR count). The number of hydrogen-bond donors (Lipinski definition) is 1. The molecule has 146 valence electrons. The molecule has 0 aromatic heterocycles. The fraction of sp³-hybridized carbons (Fsp3) is 0.130. The van der Waals surface area contributed by atoms with Crippen molar-refractivity contribution in [2.24, 2.45) is 0 Å². The first-order valence-corrected chi connectivity index (χ1v) is 9.18. The second-order valence-electron chi connectivity index (χ2n) is 6.52. The van der Waals surface area contributed by atoms with Gasteiger partial charge in [0.05, 0.1) is 5.56 Å². The van der Waals surface area contributed by atoms with Gasteiger partial charge in [0.25, 0.3) is 5.91 Å². The Kier molecular flexibility index (Phi) is 5.16. The topological polar surface area (TPSA) is 73.9 Å². The highest BCUT2D eigenvalue weighted by Crippen LogP contribution is 2.33. The molecular weight excluding hydrogens is 370 g/mol. The van der Waals surface area contributed by atoms with E-state index in [1.807, 2.05) is 54.6 Å². The smallest absolute Gasteiger partial charge is 0.339 e. The van der Waals surface area contributed by atoms with Gasteiger partial charge in [0.1, 0.15) is 0 Å². The number of benzene rings is 3. The zero-order valence-electron chi connectivity index (χ0n) is 15.8. The fourth-order valence-electron chi connectivity index (χ4n) is 3.00. The highest BCUT2D eigenvalue weighted by molar-refractivity contribution is 6.00. The number of carbonyl (C=O) groups excluding carboxylic acids is 2. The van der Waals surface area contributed by atoms with Crippen molar-refractivity contribution in [2.45, 2.75) is 13.0 Å². The maximum absolute atomic E-state index is 12.6. The number of esters is 1. The van der Waals surface area contributed by atoms with Crippen molar-refractivity contribution in [3.05, 3.63) is 78.4 Å². The third-order valence-corrected chi connectivity index (χ3v) is 4.53. The third-order valence-electron chi connectivity index (χ3n) is 4.53. The van der Waals surface area contributed by atoms with Crippen LogP contribution in [0.25, 0.3) is 11.1 Å². The van der Waals surface area contributed by atoms with Crippen molar-refractivity contribution >= 4 is 17.6 Å². The first kappa shape index (κ1) is 18.6. The first-order chi connectivity index (χ1) is 14.1. The van der Waals surface area contributed by atoms with Crippen LogP contribution >= 0.6 is 0 Å². The van der Waals surface area contributed by atoms with Crippen LogP contribution in [-0.4, -0.2) is 24.8 Å². The summed E-state index contributed by atoms with van der Waals surface area (Å²) in [5, 5.41) is 2.85. The SMILES string of the molecule is CC(OC(=O)c1ccc2c(c1)OCO2)C(=O)Nc1ccccc1-c1ccccc1. The van der Waals surface area contributed by atoms with Crippen molar-refractivity contribution in [3.8, 4) is 22.6 Å². The molecule has 0 spiro atoms. The number of hydrogen-bond acceptors (Lipinski definition) is 5. The number of fused-ring (bicyclic) bond motifs is 1. The fourth-order valence-corrected chi connectivity index (χ4v) is 3.00. The van der Waals surface area contributed by atoms with Crippen molar-refractivity contribution in [1.82, 2.24) is 0 Å². The zero-order chi connectivity index (χ0) is 20.2. The van der Waals surface area contributed by atoms with Crippen LogP contribution in [0, 0.1) is 0 Å². The molecule has 29 heavy (non-hydrogen) atoms. The first-order valence-electron chi connectivity index (χ1n) is 9.18. The van der Waals surface area contributed by atoms with E-state index in [1.54, 1.807) is 18.2 Å². The van der Waals surface area contributed by atoms with E-state index < -0.39 is 18.0 Å². The van der Waals surface area contributed by atoms with Crippen molar-refractivity contribution in [2.75, 3.05) is 12.1 Å². The van der Waals surface area contributed by atoms with Crippen LogP contribution in [0.1, 0.15) is 17.3 Å². The number of nitrogens with one attached hydrogen (secondary N) is 1. The van der Waals surface area contributed by atoms with E-state index in [9.17, 15) is 9.59 Å². The highest BCUT2D eigenvalue weighted by atomic mass is 16.7. The lowest BCUT2D eigenvalue weighted by atomic mass is 10.0. The van der Waals surface area contributed by atoms with Gasteiger partial charge >= 0.3 is 5.97 Å². The Bertz CT molecular complexity index is 1050. The van der Waals surface area contributed by atoms with Crippen molar-refractivity contribution in [1.29, 1.82) is 0 Å². The van der Waals surface area contributed by atoms with Crippen LogP contribution in [0.15, 0.2) is 72.8 Å². The lowest BCUT2D eigenvalue weighted by Gasteiger charge is -2.16. The molecule has 0 fully saturated rings. The minimum Gasteiger partial charge on any atom is -0.454 e. The Morgan fingerprint density at radius 2 is 1.66 bits per heavy atom. The van der Waals surface area contributed by atoms with Crippen LogP contribution in [-0.2, 0) is 9.53 Å². The van der Waals surface area contributed by atoms with Crippen molar-refractivity contribution in [3.63, 3.8) is 0 Å². The second-order valence-corrected chi connectivity index (χ2v) is 6.52. The highest BCUT2D eigenvalue weighted by Gasteiger charge is 2.22. The molecule has 1 unspecified atom stereocenters. The minimum absolute atomic E-state index is 0.119. The average Bonchev–Trinajstić information content (AvgIpc) is 3.22. The van der Waals surface area contributed by atoms with Gasteiger partial charge in [-0.15, -0.1) is 0 Å². The van der Waals surface area contributed by atoms with E-state index in [2.05, 4.69) is 5.32 Å². The largest absolute Gasteiger partial charge is 0.454 e. The van der Waals surface area contributed by atoms with Gasteiger partial charge in [-0.25, -0.2) is 4.79 Å². The van der Waals surface area contributed by atoms with Gasteiger partial charge in [-0.1, -0.05) is 48.5 Å². The lowest BCUT2D eigenvalue weighted by molar-refractivity contribution is -0.123. The summed E-state index contributed by atoms with van der Waals surface area (Å²) in [6.45, 7) is 1.65. The molecule has 6 nitrogen and oxygen atoms in total. The third kappa shape index (κ3) is 4.06. The molecule has 1 amide bonds. The number of rotatable bonds is 5. The molecule has 1 atom stereocenters. The van der Waals surface area contributed by atoms with Gasteiger partial charge in [-0.05, 0) is 36.8 Å². The molecule has 0 saturated carbocycles. The molecule has 0 aliphatic carbocycles. The molecule has 0 radical (unpaired) electrons. The predicted octanol–water partition coefficient (Wildman–Crippen LogP) is 4.27. The van der Waals surface area contributed by atoms with E-state index in [1.165, 1.54) is 6.92 Å². The second kappa shape index (κ2) is 8.06. The molecule has 0 bridgehead atoms. The van der Waals surface area contributed by atoms with Crippen molar-refractivity contribution < 1.29 is 23.8 Å². The Balaban J connectivity index is 1.45. The summed E-state index contributed by atoms with van der Waals surface area (Å²) in [7, 11) is 0. The minimum atomic E-state index is -0.975. The molecule has 3 aromatic carbocycles. The summed E-state index contributed by atoms with van der Waals surface area (Å²) in [6.07, 6.45) is -0.975. The summed E-state index contributed by atoms with van der Waals surface area (Å²) in [6, 6.07) is 22.0. The molecule has 3 aromatic rings. The molecule has 1 N–H and O–H groups in total. The van der Waals surface area contributed by atoms with Crippen LogP contribution in [0.5, 0.6) is 11.5 Å². The van der Waals surface area contributed by atoms with E-state index in [4.69, 9.17) is 14.2 Å². The number of ether oxygens (including phenoxy) is 3. The Morgan fingerprint density at radius 1 is 0.931 bits per heavy atom. The molecular formula is C23H19NO5. The molecule has 1 aliphatic heterocycles. The molecule has 6 heteroatoms. The quantitative estimate of drug-likeness (QED) is 0.660. The Morgan fingerprint density at radius 3 is 2.48 bits per heavy atom. The zero-order valence-corrected chi connectivity index (χ0v) is 15.8. The van der Waals surface area contributed by atoms with E-state index in [0.29, 0.717) is 22.7 Å². The number of carbonyl (C=O) groups is 2. The van der Waals surface area contributed by atoms with Crippen LogP contribution in [0.2, 0.25) is 0 Å². The van der Waals surface area contributed by atoms with Crippen LogP contribution < -0.4 is 14.8 Å². The Labute approximate surface area is 168 Å². The molecule has 0 saturated heterocycles. The van der Waals surface area contributed by atoms with Gasteiger partial charge in [0.2, 0.25) is 6.79 Å². The maximum atomic E-state index is 12.6. The van der Waals surface area contributed by atoms with Gasteiger partial charge in [0.15, 0.2) is 17.6 Å². The maximum Gasteiger partial charge on any atom is 0.339 e. The average molecular weight is 389 g/mol. The van der Waals surface area contributed by atoms with E-state index >= 15 is 0 Å². The van der Waals surface area contributed by atoms with Gasteiger partial charge in [-0.2, -0.15) is 0 Å². The standard InChI is InChI=1S/C23H19NO5/c1-15(29-23(26)17-11-12-20-21(13-17)28-14-27-20)22(25)24-19-10-6-5-9-18(19)16-7-3-2-4-8-16/h2-13,15H,14H2,1H3,(H,24,25). The normalized spacial score (nSPS) is 12.9. The Hall–Kier alpha value is -3.80. The number of para-hydroxylation sites is 1. The summed E-state index contributed by atoms with van der Waals surface area (Å²) >= 11 is 0. The van der Waals surface area contributed by atoms with Gasteiger partial charge in [0, 0.05) is 11.3 Å². The summed E-state index contributed by atoms with van der Waals surface area (Å²) in [5.41, 5.74) is 2.80. The monoisotopic (exact) mass is 389 g/mol. The van der Waals surface area contributed by atoms with E-state index in [-0.39, 0.29) is 6.79 Å². The van der Waals surface area contributed by atoms with Gasteiger partial charge in [-0.3, -0.25) is 4.79 Å². The molecule has 1 heterocycles. The summed E-state index contributed by atoms with van der Waals surface area (Å²) in [4.78, 5) is 25.0. The number of anilines is 1. The van der Waals surface area contributed by atoms with Crippen LogP contribution in [0.4, 0.5) is 5.69 Å².